The smallest absolute Gasteiger partial charge is 0.237 e. The molecule has 1 aliphatic heterocycles. The molecule has 0 unspecified atom stereocenters. The number of amides is 2. The van der Waals surface area contributed by atoms with E-state index < -0.39 is 5.91 Å². The Morgan fingerprint density at radius 2 is 2.42 bits per heavy atom. The Morgan fingerprint density at radius 3 is 2.92 bits per heavy atom. The first kappa shape index (κ1) is 8.86. The third-order valence-electron chi connectivity index (χ3n) is 1.41. The van der Waals surface area contributed by atoms with Crippen LogP contribution in [0.3, 0.4) is 0 Å². The van der Waals surface area contributed by atoms with Crippen molar-refractivity contribution in [3.63, 3.8) is 0 Å². The van der Waals surface area contributed by atoms with Crippen molar-refractivity contribution in [3.05, 3.63) is 12.3 Å². The number of carbonyl (C=O) groups excluding carboxylic acids is 2. The lowest BCUT2D eigenvalue weighted by Gasteiger charge is -2.19. The molecule has 0 fully saturated rings. The summed E-state index contributed by atoms with van der Waals surface area (Å²) in [5.41, 5.74) is 4.92. The molecule has 1 aliphatic rings. The Bertz CT molecular complexity index is 273. The van der Waals surface area contributed by atoms with Gasteiger partial charge >= 0.3 is 0 Å². The van der Waals surface area contributed by atoms with Crippen molar-refractivity contribution in [2.45, 2.75) is 6.42 Å². The van der Waals surface area contributed by atoms with Gasteiger partial charge in [0.05, 0.1) is 6.42 Å². The molecule has 64 valence electrons. The zero-order chi connectivity index (χ0) is 9.14. The van der Waals surface area contributed by atoms with Gasteiger partial charge in [0.25, 0.3) is 0 Å². The summed E-state index contributed by atoms with van der Waals surface area (Å²) < 4.78 is 0. The van der Waals surface area contributed by atoms with Crippen LogP contribution < -0.4 is 5.73 Å². The predicted molar refractivity (Wildman–Crippen MR) is 47.3 cm³/mol. The Balaban J connectivity index is 2.66. The van der Waals surface area contributed by atoms with Gasteiger partial charge in [-0.3, -0.25) is 9.59 Å². The van der Waals surface area contributed by atoms with Crippen LogP contribution in [0, 0.1) is 0 Å². The van der Waals surface area contributed by atoms with Gasteiger partial charge in [0.2, 0.25) is 11.8 Å². The molecular formula is C7H8N2O2S. The normalized spacial score (nSPS) is 16.8. The summed E-state index contributed by atoms with van der Waals surface area (Å²) in [7, 11) is 0. The zero-order valence-electron chi connectivity index (χ0n) is 6.32. The summed E-state index contributed by atoms with van der Waals surface area (Å²) in [6.45, 7) is -0.0715. The molecule has 2 N–H and O–H groups in total. The molecular weight excluding hydrogens is 176 g/mol. The highest BCUT2D eigenvalue weighted by molar-refractivity contribution is 7.80. The fourth-order valence-corrected chi connectivity index (χ4v) is 1.06. The van der Waals surface area contributed by atoms with Crippen LogP contribution in [0.4, 0.5) is 0 Å². The van der Waals surface area contributed by atoms with Crippen LogP contribution in [0.25, 0.3) is 0 Å². The summed E-state index contributed by atoms with van der Waals surface area (Å²) in [5.74, 6) is -0.706. The average Bonchev–Trinajstić information content (AvgIpc) is 1.94. The number of allylic oxidation sites excluding steroid dienone is 1. The summed E-state index contributed by atoms with van der Waals surface area (Å²) in [5, 5.41) is 0. The van der Waals surface area contributed by atoms with Crippen LogP contribution in [0.15, 0.2) is 12.3 Å². The minimum absolute atomic E-state index is 0.0715. The molecule has 12 heavy (non-hydrogen) atoms. The van der Waals surface area contributed by atoms with Crippen LogP contribution in [-0.2, 0) is 9.59 Å². The molecule has 0 aromatic carbocycles. The largest absolute Gasteiger partial charge is 0.368 e. The lowest BCUT2D eigenvalue weighted by molar-refractivity contribution is -0.131. The van der Waals surface area contributed by atoms with Crippen LogP contribution in [0.1, 0.15) is 6.42 Å². The maximum atomic E-state index is 11.1. The second-order valence-electron chi connectivity index (χ2n) is 2.45. The molecule has 0 aliphatic carbocycles. The summed E-state index contributed by atoms with van der Waals surface area (Å²) in [4.78, 5) is 23.4. The molecule has 0 aromatic heterocycles. The topological polar surface area (TPSA) is 63.4 Å². The van der Waals surface area contributed by atoms with Crippen molar-refractivity contribution < 1.29 is 9.59 Å². The van der Waals surface area contributed by atoms with Crippen molar-refractivity contribution in [3.8, 4) is 0 Å². The Kier molecular flexibility index (Phi) is 2.54. The summed E-state index contributed by atoms with van der Waals surface area (Å²) in [6.07, 6.45) is 3.30. The predicted octanol–water partition coefficient (Wildman–Crippen LogP) is -0.412. The second-order valence-corrected chi connectivity index (χ2v) is 2.97. The molecule has 0 saturated heterocycles. The maximum absolute atomic E-state index is 11.1. The van der Waals surface area contributed by atoms with Gasteiger partial charge in [-0.25, -0.2) is 0 Å². The van der Waals surface area contributed by atoms with Gasteiger partial charge in [0.15, 0.2) is 0 Å². The van der Waals surface area contributed by atoms with E-state index in [2.05, 4.69) is 0 Å². The standard InChI is InChI=1S/C7H8N2O2S/c8-6(10)4-9-2-1-5(12)3-7(9)11/h1-2H,3-4H2,(H2,8,10). The molecule has 0 aromatic rings. The number of hydrogen-bond donors (Lipinski definition) is 1. The number of carbonyl (C=O) groups is 2. The van der Waals surface area contributed by atoms with Gasteiger partial charge < -0.3 is 10.6 Å². The highest BCUT2D eigenvalue weighted by Crippen LogP contribution is 2.05. The third-order valence-corrected chi connectivity index (χ3v) is 1.69. The van der Waals surface area contributed by atoms with Gasteiger partial charge in [0.1, 0.15) is 6.54 Å². The second kappa shape index (κ2) is 3.44. The van der Waals surface area contributed by atoms with E-state index in [1.54, 1.807) is 6.08 Å². The number of nitrogens with two attached hydrogens (primary N) is 1. The molecule has 5 heteroatoms. The molecule has 2 amide bonds. The van der Waals surface area contributed by atoms with Crippen LogP contribution in [-0.4, -0.2) is 28.1 Å². The Hall–Kier alpha value is -1.23. The zero-order valence-corrected chi connectivity index (χ0v) is 7.13. The summed E-state index contributed by atoms with van der Waals surface area (Å²) in [6, 6.07) is 0. The van der Waals surface area contributed by atoms with E-state index in [9.17, 15) is 9.59 Å². The molecule has 0 radical (unpaired) electrons. The molecule has 0 spiro atoms. The van der Waals surface area contributed by atoms with Crippen LogP contribution in [0.5, 0.6) is 0 Å². The van der Waals surface area contributed by atoms with Crippen LogP contribution >= 0.6 is 12.2 Å². The number of hydrogen-bond acceptors (Lipinski definition) is 3. The first-order valence-corrected chi connectivity index (χ1v) is 3.79. The highest BCUT2D eigenvalue weighted by Gasteiger charge is 2.17. The van der Waals surface area contributed by atoms with Gasteiger partial charge in [-0.1, -0.05) is 12.2 Å². The minimum Gasteiger partial charge on any atom is -0.368 e. The quantitative estimate of drug-likeness (QED) is 0.593. The van der Waals surface area contributed by atoms with E-state index in [1.165, 1.54) is 11.1 Å². The third kappa shape index (κ3) is 2.13. The van der Waals surface area contributed by atoms with E-state index in [0.29, 0.717) is 4.86 Å². The number of primary amides is 1. The molecule has 0 saturated carbocycles. The van der Waals surface area contributed by atoms with Crippen molar-refractivity contribution >= 4 is 28.9 Å². The van der Waals surface area contributed by atoms with E-state index >= 15 is 0 Å². The van der Waals surface area contributed by atoms with Gasteiger partial charge in [0, 0.05) is 11.1 Å². The van der Waals surface area contributed by atoms with E-state index in [0.717, 1.165) is 0 Å². The molecule has 0 bridgehead atoms. The average molecular weight is 184 g/mol. The van der Waals surface area contributed by atoms with Crippen molar-refractivity contribution in [2.24, 2.45) is 5.73 Å². The Labute approximate surface area is 75.0 Å². The van der Waals surface area contributed by atoms with Crippen molar-refractivity contribution in [2.75, 3.05) is 6.54 Å². The van der Waals surface area contributed by atoms with Crippen molar-refractivity contribution in [1.82, 2.24) is 4.90 Å². The first-order chi connectivity index (χ1) is 5.59. The van der Waals surface area contributed by atoms with E-state index in [1.807, 2.05) is 0 Å². The summed E-state index contributed by atoms with van der Waals surface area (Å²) >= 11 is 4.80. The van der Waals surface area contributed by atoms with Crippen molar-refractivity contribution in [1.29, 1.82) is 0 Å². The molecule has 1 rings (SSSR count). The fourth-order valence-electron chi connectivity index (χ4n) is 0.875. The highest BCUT2D eigenvalue weighted by atomic mass is 32.1. The molecule has 1 heterocycles. The first-order valence-electron chi connectivity index (χ1n) is 3.38. The monoisotopic (exact) mass is 184 g/mol. The minimum atomic E-state index is -0.527. The molecule has 4 nitrogen and oxygen atoms in total. The number of thiocarbonyl (C=S) groups is 1. The maximum Gasteiger partial charge on any atom is 0.237 e. The van der Waals surface area contributed by atoms with Gasteiger partial charge in [-0.05, 0) is 6.08 Å². The number of rotatable bonds is 2. The lowest BCUT2D eigenvalue weighted by Crippen LogP contribution is -2.37. The number of nitrogens with zero attached hydrogens (tertiary/aromatic N) is 1. The lowest BCUT2D eigenvalue weighted by atomic mass is 10.2. The van der Waals surface area contributed by atoms with E-state index in [-0.39, 0.29) is 18.9 Å². The Morgan fingerprint density at radius 1 is 1.75 bits per heavy atom. The fraction of sp³-hybridized carbons (Fsp3) is 0.286. The SMILES string of the molecule is NC(=O)CN1C=CC(=S)CC1=O. The van der Waals surface area contributed by atoms with Gasteiger partial charge in [-0.15, -0.1) is 0 Å². The molecule has 0 atom stereocenters. The van der Waals surface area contributed by atoms with Gasteiger partial charge in [-0.2, -0.15) is 0 Å². The van der Waals surface area contributed by atoms with E-state index in [4.69, 9.17) is 18.0 Å². The van der Waals surface area contributed by atoms with Crippen LogP contribution in [0.2, 0.25) is 0 Å².